The molecular formula is C9H12N2OS2. The highest BCUT2D eigenvalue weighted by molar-refractivity contribution is 8.01. The molecular weight excluding hydrogens is 216 g/mol. The zero-order valence-electron chi connectivity index (χ0n) is 7.97. The predicted octanol–water partition coefficient (Wildman–Crippen LogP) is 2.39. The van der Waals surface area contributed by atoms with E-state index in [1.807, 2.05) is 0 Å². The fourth-order valence-corrected chi connectivity index (χ4v) is 3.60. The number of hydrogen-bond acceptors (Lipinski definition) is 5. The van der Waals surface area contributed by atoms with Crippen molar-refractivity contribution in [2.75, 3.05) is 0 Å². The van der Waals surface area contributed by atoms with Crippen LogP contribution in [0.25, 0.3) is 0 Å². The van der Waals surface area contributed by atoms with Crippen molar-refractivity contribution in [2.45, 2.75) is 35.8 Å². The quantitative estimate of drug-likeness (QED) is 0.779. The molecule has 1 heterocycles. The van der Waals surface area contributed by atoms with Crippen LogP contribution in [0.1, 0.15) is 26.2 Å². The summed E-state index contributed by atoms with van der Waals surface area (Å²) in [6.07, 6.45) is 2.48. The van der Waals surface area contributed by atoms with Gasteiger partial charge >= 0.3 is 0 Å². The van der Waals surface area contributed by atoms with Crippen molar-refractivity contribution < 1.29 is 4.79 Å². The van der Waals surface area contributed by atoms with Gasteiger partial charge in [0.25, 0.3) is 0 Å². The van der Waals surface area contributed by atoms with E-state index in [-0.39, 0.29) is 0 Å². The minimum absolute atomic E-state index is 0.394. The minimum Gasteiger partial charge on any atom is -0.300 e. The molecule has 5 heteroatoms. The van der Waals surface area contributed by atoms with Gasteiger partial charge in [0.2, 0.25) is 0 Å². The van der Waals surface area contributed by atoms with Gasteiger partial charge in [-0.05, 0) is 12.3 Å². The number of thioether (sulfide) groups is 1. The van der Waals surface area contributed by atoms with E-state index in [0.717, 1.165) is 17.2 Å². The molecule has 1 aliphatic rings. The van der Waals surface area contributed by atoms with E-state index in [1.165, 1.54) is 0 Å². The first-order chi connectivity index (χ1) is 6.75. The smallest absolute Gasteiger partial charge is 0.174 e. The van der Waals surface area contributed by atoms with Crippen molar-refractivity contribution in [1.29, 1.82) is 0 Å². The van der Waals surface area contributed by atoms with Gasteiger partial charge < -0.3 is 0 Å². The first-order valence-corrected chi connectivity index (χ1v) is 6.46. The molecule has 2 unspecified atom stereocenters. The summed E-state index contributed by atoms with van der Waals surface area (Å²) < 4.78 is 0.983. The lowest BCUT2D eigenvalue weighted by molar-refractivity contribution is -0.120. The molecule has 0 saturated heterocycles. The third-order valence-corrected chi connectivity index (χ3v) is 4.81. The molecule has 3 nitrogen and oxygen atoms in total. The number of carbonyl (C=O) groups is 1. The number of ketones is 1. The second-order valence-electron chi connectivity index (χ2n) is 3.62. The summed E-state index contributed by atoms with van der Waals surface area (Å²) in [7, 11) is 0. The molecule has 14 heavy (non-hydrogen) atoms. The van der Waals surface area contributed by atoms with E-state index in [0.29, 0.717) is 23.4 Å². The molecule has 1 saturated carbocycles. The molecule has 1 aliphatic carbocycles. The first kappa shape index (κ1) is 10.1. The molecule has 0 radical (unpaired) electrons. The molecule has 0 N–H and O–H groups in total. The number of Topliss-reactive ketones (excluding diaryl/α,β-unsaturated/α-hetero) is 1. The average molecular weight is 228 g/mol. The third-order valence-electron chi connectivity index (χ3n) is 2.53. The number of nitrogens with zero attached hydrogens (tertiary/aromatic N) is 2. The zero-order chi connectivity index (χ0) is 9.97. The molecule has 2 rings (SSSR count). The molecule has 76 valence electrons. The Hall–Kier alpha value is -0.420. The van der Waals surface area contributed by atoms with Crippen LogP contribution in [0.5, 0.6) is 0 Å². The van der Waals surface area contributed by atoms with Crippen molar-refractivity contribution in [1.82, 2.24) is 10.2 Å². The van der Waals surface area contributed by atoms with Gasteiger partial charge in [-0.3, -0.25) is 4.79 Å². The Morgan fingerprint density at radius 3 is 3.21 bits per heavy atom. The van der Waals surface area contributed by atoms with Gasteiger partial charge in [-0.2, -0.15) is 0 Å². The molecule has 0 aromatic carbocycles. The lowest BCUT2D eigenvalue weighted by atomic mass is 9.89. The molecule has 1 fully saturated rings. The van der Waals surface area contributed by atoms with E-state index in [1.54, 1.807) is 28.6 Å². The molecule has 2 atom stereocenters. The van der Waals surface area contributed by atoms with Crippen LogP contribution >= 0.6 is 23.1 Å². The van der Waals surface area contributed by atoms with Crippen LogP contribution in [0, 0.1) is 5.92 Å². The third kappa shape index (κ3) is 2.33. The maximum Gasteiger partial charge on any atom is 0.174 e. The van der Waals surface area contributed by atoms with Crippen molar-refractivity contribution in [3.63, 3.8) is 0 Å². The second kappa shape index (κ2) is 4.40. The Labute approximate surface area is 91.3 Å². The SMILES string of the molecule is CC1CCC(=O)CC1Sc1nncs1. The Morgan fingerprint density at radius 2 is 2.50 bits per heavy atom. The Morgan fingerprint density at radius 1 is 1.64 bits per heavy atom. The second-order valence-corrected chi connectivity index (χ2v) is 5.94. The van der Waals surface area contributed by atoms with Crippen LogP contribution in [0.15, 0.2) is 9.85 Å². The largest absolute Gasteiger partial charge is 0.300 e. The number of hydrogen-bond donors (Lipinski definition) is 0. The van der Waals surface area contributed by atoms with E-state index in [2.05, 4.69) is 17.1 Å². The maximum absolute atomic E-state index is 11.3. The lowest BCUT2D eigenvalue weighted by Crippen LogP contribution is -2.24. The van der Waals surface area contributed by atoms with E-state index in [9.17, 15) is 4.79 Å². The highest BCUT2D eigenvalue weighted by Crippen LogP contribution is 2.36. The van der Waals surface area contributed by atoms with Crippen LogP contribution in [-0.4, -0.2) is 21.2 Å². The van der Waals surface area contributed by atoms with Crippen LogP contribution in [0.2, 0.25) is 0 Å². The molecule has 1 aromatic rings. The van der Waals surface area contributed by atoms with Crippen molar-refractivity contribution >= 4 is 28.9 Å². The van der Waals surface area contributed by atoms with E-state index < -0.39 is 0 Å². The van der Waals surface area contributed by atoms with Gasteiger partial charge in [0.05, 0.1) is 0 Å². The topological polar surface area (TPSA) is 42.9 Å². The maximum atomic E-state index is 11.3. The Kier molecular flexibility index (Phi) is 3.18. The zero-order valence-corrected chi connectivity index (χ0v) is 9.61. The van der Waals surface area contributed by atoms with Gasteiger partial charge in [-0.25, -0.2) is 0 Å². The summed E-state index contributed by atoms with van der Waals surface area (Å²) in [5, 5.41) is 8.19. The van der Waals surface area contributed by atoms with Gasteiger partial charge in [0.15, 0.2) is 4.34 Å². The van der Waals surface area contributed by atoms with Gasteiger partial charge in [-0.15, -0.1) is 10.2 Å². The fraction of sp³-hybridized carbons (Fsp3) is 0.667. The van der Waals surface area contributed by atoms with Gasteiger partial charge in [0.1, 0.15) is 11.3 Å². The van der Waals surface area contributed by atoms with Crippen molar-refractivity contribution in [3.05, 3.63) is 5.51 Å². The summed E-state index contributed by atoms with van der Waals surface area (Å²) >= 11 is 3.26. The summed E-state index contributed by atoms with van der Waals surface area (Å²) in [6, 6.07) is 0. The number of rotatable bonds is 2. The van der Waals surface area contributed by atoms with E-state index in [4.69, 9.17) is 0 Å². The van der Waals surface area contributed by atoms with Crippen molar-refractivity contribution in [2.24, 2.45) is 5.92 Å². The monoisotopic (exact) mass is 228 g/mol. The minimum atomic E-state index is 0.394. The average Bonchev–Trinajstić information content (AvgIpc) is 2.64. The summed E-state index contributed by atoms with van der Waals surface area (Å²) in [4.78, 5) is 11.3. The Balaban J connectivity index is 1.99. The normalized spacial score (nSPS) is 27.9. The van der Waals surface area contributed by atoms with Gasteiger partial charge in [-0.1, -0.05) is 30.0 Å². The van der Waals surface area contributed by atoms with Crippen LogP contribution in [0.4, 0.5) is 0 Å². The Bertz CT molecular complexity index is 313. The number of carbonyl (C=O) groups excluding carboxylic acids is 1. The van der Waals surface area contributed by atoms with Crippen LogP contribution < -0.4 is 0 Å². The van der Waals surface area contributed by atoms with Crippen LogP contribution in [-0.2, 0) is 4.79 Å². The summed E-state index contributed by atoms with van der Waals surface area (Å²) in [5.74, 6) is 1.01. The van der Waals surface area contributed by atoms with Gasteiger partial charge in [0, 0.05) is 18.1 Å². The summed E-state index contributed by atoms with van der Waals surface area (Å²) in [6.45, 7) is 2.21. The highest BCUT2D eigenvalue weighted by atomic mass is 32.2. The molecule has 1 aromatic heterocycles. The fourth-order valence-electron chi connectivity index (χ4n) is 1.60. The summed E-state index contributed by atoms with van der Waals surface area (Å²) in [5.41, 5.74) is 1.73. The predicted molar refractivity (Wildman–Crippen MR) is 57.6 cm³/mol. The first-order valence-electron chi connectivity index (χ1n) is 4.70. The number of aromatic nitrogens is 2. The highest BCUT2D eigenvalue weighted by Gasteiger charge is 2.27. The molecule has 0 amide bonds. The standard InChI is InChI=1S/C9H12N2OS2/c1-6-2-3-7(12)4-8(6)14-9-11-10-5-13-9/h5-6,8H,2-4H2,1H3. The molecule has 0 aliphatic heterocycles. The van der Waals surface area contributed by atoms with Crippen molar-refractivity contribution in [3.8, 4) is 0 Å². The van der Waals surface area contributed by atoms with Crippen LogP contribution in [0.3, 0.4) is 0 Å². The van der Waals surface area contributed by atoms with E-state index >= 15 is 0 Å². The molecule has 0 spiro atoms. The lowest BCUT2D eigenvalue weighted by Gasteiger charge is -2.26. The molecule has 0 bridgehead atoms.